The van der Waals surface area contributed by atoms with E-state index in [1.54, 1.807) is 30.1 Å². The number of aromatic nitrogens is 3. The van der Waals surface area contributed by atoms with E-state index in [4.69, 9.17) is 4.98 Å². The summed E-state index contributed by atoms with van der Waals surface area (Å²) in [5.41, 5.74) is 4.38. The van der Waals surface area contributed by atoms with Gasteiger partial charge >= 0.3 is 0 Å². The first-order valence-electron chi connectivity index (χ1n) is 10.2. The largest absolute Gasteiger partial charge is 0.352 e. The Labute approximate surface area is 184 Å². The standard InChI is InChI=1S/C24H23FN4OS/c1-2-13-27-23(30)19-9-5-17(6-10-19)15-29-22-21(4-3-14-26-22)28-24(29)31-16-18-7-11-20(25)12-8-18/h3-12,14H,2,13,15-16H2,1H3,(H,27,30). The summed E-state index contributed by atoms with van der Waals surface area (Å²) in [6, 6.07) is 18.0. The Morgan fingerprint density at radius 1 is 1.06 bits per heavy atom. The van der Waals surface area contributed by atoms with E-state index in [1.807, 2.05) is 43.3 Å². The molecule has 0 aliphatic rings. The lowest BCUT2D eigenvalue weighted by Crippen LogP contribution is -2.23. The Morgan fingerprint density at radius 2 is 1.81 bits per heavy atom. The fourth-order valence-corrected chi connectivity index (χ4v) is 4.16. The molecule has 0 bridgehead atoms. The van der Waals surface area contributed by atoms with E-state index in [1.165, 1.54) is 12.1 Å². The summed E-state index contributed by atoms with van der Waals surface area (Å²) in [5, 5.41) is 3.74. The minimum absolute atomic E-state index is 0.0568. The van der Waals surface area contributed by atoms with E-state index in [2.05, 4.69) is 14.9 Å². The lowest BCUT2D eigenvalue weighted by molar-refractivity contribution is 0.0953. The summed E-state index contributed by atoms with van der Waals surface area (Å²) >= 11 is 1.59. The van der Waals surface area contributed by atoms with Crippen molar-refractivity contribution in [3.05, 3.63) is 89.4 Å². The lowest BCUT2D eigenvalue weighted by Gasteiger charge is -2.10. The Morgan fingerprint density at radius 3 is 2.55 bits per heavy atom. The molecule has 7 heteroatoms. The van der Waals surface area contributed by atoms with Gasteiger partial charge in [-0.15, -0.1) is 0 Å². The zero-order valence-electron chi connectivity index (χ0n) is 17.2. The van der Waals surface area contributed by atoms with E-state index in [9.17, 15) is 9.18 Å². The van der Waals surface area contributed by atoms with Crippen molar-refractivity contribution in [1.82, 2.24) is 19.9 Å². The second-order valence-electron chi connectivity index (χ2n) is 7.19. The average Bonchev–Trinajstić information content (AvgIpc) is 3.15. The Hall–Kier alpha value is -3.19. The van der Waals surface area contributed by atoms with E-state index in [0.717, 1.165) is 33.9 Å². The van der Waals surface area contributed by atoms with Crippen LogP contribution < -0.4 is 5.32 Å². The van der Waals surface area contributed by atoms with Crippen LogP contribution in [0.5, 0.6) is 0 Å². The number of halogens is 1. The smallest absolute Gasteiger partial charge is 0.251 e. The molecule has 1 amide bonds. The van der Waals surface area contributed by atoms with Crippen molar-refractivity contribution in [3.8, 4) is 0 Å². The summed E-state index contributed by atoms with van der Waals surface area (Å²) in [6.45, 7) is 3.29. The van der Waals surface area contributed by atoms with Gasteiger partial charge in [0.05, 0.1) is 6.54 Å². The minimum Gasteiger partial charge on any atom is -0.352 e. The van der Waals surface area contributed by atoms with Gasteiger partial charge in [0, 0.05) is 24.1 Å². The van der Waals surface area contributed by atoms with Crippen LogP contribution >= 0.6 is 11.8 Å². The van der Waals surface area contributed by atoms with Crippen LogP contribution in [-0.4, -0.2) is 27.0 Å². The van der Waals surface area contributed by atoms with Crippen LogP contribution in [0, 0.1) is 5.82 Å². The van der Waals surface area contributed by atoms with Crippen LogP contribution in [0.2, 0.25) is 0 Å². The summed E-state index contributed by atoms with van der Waals surface area (Å²) < 4.78 is 15.3. The normalized spacial score (nSPS) is 11.0. The summed E-state index contributed by atoms with van der Waals surface area (Å²) in [7, 11) is 0. The summed E-state index contributed by atoms with van der Waals surface area (Å²) in [5.74, 6) is 0.385. The molecule has 1 N–H and O–H groups in total. The molecule has 0 unspecified atom stereocenters. The van der Waals surface area contributed by atoms with Gasteiger partial charge in [-0.25, -0.2) is 14.4 Å². The van der Waals surface area contributed by atoms with Gasteiger partial charge in [-0.3, -0.25) is 9.36 Å². The maximum absolute atomic E-state index is 13.2. The van der Waals surface area contributed by atoms with Crippen LogP contribution in [-0.2, 0) is 12.3 Å². The van der Waals surface area contributed by atoms with Crippen LogP contribution in [0.3, 0.4) is 0 Å². The molecule has 2 aromatic heterocycles. The van der Waals surface area contributed by atoms with Crippen molar-refractivity contribution >= 4 is 28.8 Å². The van der Waals surface area contributed by atoms with Gasteiger partial charge in [0.15, 0.2) is 10.8 Å². The molecule has 5 nitrogen and oxygen atoms in total. The number of carbonyl (C=O) groups is 1. The maximum atomic E-state index is 13.2. The molecule has 2 heterocycles. The number of benzene rings is 2. The zero-order chi connectivity index (χ0) is 21.6. The van der Waals surface area contributed by atoms with Gasteiger partial charge < -0.3 is 5.32 Å². The fraction of sp³-hybridized carbons (Fsp3) is 0.208. The number of rotatable bonds is 8. The molecule has 0 aliphatic carbocycles. The molecule has 2 aromatic carbocycles. The van der Waals surface area contributed by atoms with Crippen molar-refractivity contribution in [1.29, 1.82) is 0 Å². The third-order valence-corrected chi connectivity index (χ3v) is 5.89. The molecule has 0 aliphatic heterocycles. The Kier molecular flexibility index (Phi) is 6.62. The highest BCUT2D eigenvalue weighted by atomic mass is 32.2. The fourth-order valence-electron chi connectivity index (χ4n) is 3.20. The van der Waals surface area contributed by atoms with Gasteiger partial charge in [0.25, 0.3) is 5.91 Å². The summed E-state index contributed by atoms with van der Waals surface area (Å²) in [6.07, 6.45) is 2.67. The number of fused-ring (bicyclic) bond motifs is 1. The van der Waals surface area contributed by atoms with Gasteiger partial charge in [-0.05, 0) is 53.9 Å². The predicted octanol–water partition coefficient (Wildman–Crippen LogP) is 5.05. The number of pyridine rings is 1. The highest BCUT2D eigenvalue weighted by Crippen LogP contribution is 2.27. The molecule has 0 fully saturated rings. The molecule has 0 saturated heterocycles. The minimum atomic E-state index is -0.239. The van der Waals surface area contributed by atoms with E-state index >= 15 is 0 Å². The summed E-state index contributed by atoms with van der Waals surface area (Å²) in [4.78, 5) is 21.4. The number of imidazole rings is 1. The van der Waals surface area contributed by atoms with Crippen LogP contribution in [0.1, 0.15) is 34.8 Å². The number of nitrogens with one attached hydrogen (secondary N) is 1. The number of amides is 1. The van der Waals surface area contributed by atoms with Gasteiger partial charge in [0.1, 0.15) is 11.3 Å². The molecule has 158 valence electrons. The van der Waals surface area contributed by atoms with Crippen molar-refractivity contribution in [2.45, 2.75) is 30.8 Å². The van der Waals surface area contributed by atoms with Gasteiger partial charge in [0.2, 0.25) is 0 Å². The predicted molar refractivity (Wildman–Crippen MR) is 122 cm³/mol. The lowest BCUT2D eigenvalue weighted by atomic mass is 10.1. The number of hydrogen-bond donors (Lipinski definition) is 1. The first kappa shape index (κ1) is 21.1. The topological polar surface area (TPSA) is 59.8 Å². The third kappa shape index (κ3) is 5.11. The van der Waals surface area contributed by atoms with Crippen molar-refractivity contribution in [3.63, 3.8) is 0 Å². The third-order valence-electron chi connectivity index (χ3n) is 4.84. The van der Waals surface area contributed by atoms with E-state index in [0.29, 0.717) is 24.4 Å². The molecule has 0 spiro atoms. The van der Waals surface area contributed by atoms with Crippen LogP contribution in [0.25, 0.3) is 11.2 Å². The number of hydrogen-bond acceptors (Lipinski definition) is 4. The number of carbonyl (C=O) groups excluding carboxylic acids is 1. The van der Waals surface area contributed by atoms with Crippen LogP contribution in [0.15, 0.2) is 72.0 Å². The van der Waals surface area contributed by atoms with Crippen molar-refractivity contribution < 1.29 is 9.18 Å². The average molecular weight is 435 g/mol. The quantitative estimate of drug-likeness (QED) is 0.394. The monoisotopic (exact) mass is 434 g/mol. The van der Waals surface area contributed by atoms with E-state index in [-0.39, 0.29) is 11.7 Å². The number of thioether (sulfide) groups is 1. The van der Waals surface area contributed by atoms with Gasteiger partial charge in [-0.1, -0.05) is 43.0 Å². The molecule has 0 saturated carbocycles. The maximum Gasteiger partial charge on any atom is 0.251 e. The SMILES string of the molecule is CCCNC(=O)c1ccc(Cn2c(SCc3ccc(F)cc3)nc3cccnc32)cc1. The van der Waals surface area contributed by atoms with Crippen molar-refractivity contribution in [2.24, 2.45) is 0 Å². The molecule has 4 aromatic rings. The molecular formula is C24H23FN4OS. The van der Waals surface area contributed by atoms with Crippen molar-refractivity contribution in [2.75, 3.05) is 6.54 Å². The molecule has 4 rings (SSSR count). The Balaban J connectivity index is 1.55. The molecule has 0 radical (unpaired) electrons. The Bertz CT molecular complexity index is 1170. The van der Waals surface area contributed by atoms with Crippen LogP contribution in [0.4, 0.5) is 4.39 Å². The highest BCUT2D eigenvalue weighted by Gasteiger charge is 2.13. The zero-order valence-corrected chi connectivity index (χ0v) is 18.0. The molecule has 0 atom stereocenters. The van der Waals surface area contributed by atoms with Gasteiger partial charge in [-0.2, -0.15) is 0 Å². The second-order valence-corrected chi connectivity index (χ2v) is 8.14. The number of nitrogens with zero attached hydrogens (tertiary/aromatic N) is 3. The first-order valence-corrected chi connectivity index (χ1v) is 11.2. The second kappa shape index (κ2) is 9.75. The highest BCUT2D eigenvalue weighted by molar-refractivity contribution is 7.98. The molecule has 31 heavy (non-hydrogen) atoms. The van der Waals surface area contributed by atoms with E-state index < -0.39 is 0 Å². The first-order chi connectivity index (χ1) is 15.1. The molecular weight excluding hydrogens is 411 g/mol.